The summed E-state index contributed by atoms with van der Waals surface area (Å²) in [5.74, 6) is -0.803. The Morgan fingerprint density at radius 1 is 1.25 bits per heavy atom. The maximum atomic E-state index is 10.9. The lowest BCUT2D eigenvalue weighted by Gasteiger charge is -2.16. The van der Waals surface area contributed by atoms with E-state index in [0.717, 1.165) is 0 Å². The van der Waals surface area contributed by atoms with Crippen molar-refractivity contribution < 1.29 is 25.2 Å². The van der Waals surface area contributed by atoms with Gasteiger partial charge in [-0.3, -0.25) is 4.79 Å². The molecule has 0 amide bonds. The first-order valence-electron chi connectivity index (χ1n) is 3.34. The predicted octanol–water partition coefficient (Wildman–Crippen LogP) is -2.44. The van der Waals surface area contributed by atoms with Crippen LogP contribution in [0.25, 0.3) is 0 Å². The molecule has 0 spiro atoms. The third-order valence-corrected chi connectivity index (χ3v) is 1.76. The highest BCUT2D eigenvalue weighted by Crippen LogP contribution is 2.03. The summed E-state index contributed by atoms with van der Waals surface area (Å²) in [6.45, 7) is -1.23. The number of hydrogen-bond donors (Lipinski definition) is 5. The van der Waals surface area contributed by atoms with Crippen LogP contribution >= 0.6 is 12.6 Å². The summed E-state index contributed by atoms with van der Waals surface area (Å²) in [7, 11) is 0. The van der Waals surface area contributed by atoms with Gasteiger partial charge in [0, 0.05) is 0 Å². The minimum Gasteiger partial charge on any atom is -0.395 e. The standard InChI is InChI=1S/C6H12O5S/c7-1-3(9)5(10)6(11)4(12)2-8/h3-5,7-10,12H,1-2H2/t3-,4+,5-/m0/s1. The summed E-state index contributed by atoms with van der Waals surface area (Å²) in [5, 5.41) is 33.6. The van der Waals surface area contributed by atoms with Crippen molar-refractivity contribution in [2.45, 2.75) is 17.5 Å². The lowest BCUT2D eigenvalue weighted by molar-refractivity contribution is -0.134. The van der Waals surface area contributed by atoms with Gasteiger partial charge in [-0.1, -0.05) is 0 Å². The fourth-order valence-electron chi connectivity index (χ4n) is 0.577. The smallest absolute Gasteiger partial charge is 0.178 e. The molecule has 0 rings (SSSR count). The molecule has 0 aromatic heterocycles. The number of ketones is 1. The molecule has 12 heavy (non-hydrogen) atoms. The minimum atomic E-state index is -1.69. The second-order valence-electron chi connectivity index (χ2n) is 2.30. The fourth-order valence-corrected chi connectivity index (χ4v) is 0.729. The Morgan fingerprint density at radius 2 is 1.75 bits per heavy atom. The van der Waals surface area contributed by atoms with Crippen molar-refractivity contribution in [3.8, 4) is 0 Å². The van der Waals surface area contributed by atoms with Gasteiger partial charge in [-0.15, -0.1) is 0 Å². The molecule has 0 aromatic carbocycles. The number of aliphatic hydroxyl groups is 4. The number of aliphatic hydroxyl groups excluding tert-OH is 4. The summed E-state index contributed by atoms with van der Waals surface area (Å²) in [6.07, 6.45) is -3.21. The van der Waals surface area contributed by atoms with Crippen LogP contribution in [0.5, 0.6) is 0 Å². The predicted molar refractivity (Wildman–Crippen MR) is 44.0 cm³/mol. The second-order valence-corrected chi connectivity index (χ2v) is 2.92. The molecular weight excluding hydrogens is 184 g/mol. The zero-order chi connectivity index (χ0) is 9.72. The Labute approximate surface area is 75.1 Å². The largest absolute Gasteiger partial charge is 0.395 e. The first kappa shape index (κ1) is 11.9. The average Bonchev–Trinajstić information content (AvgIpc) is 2.12. The molecule has 0 aliphatic carbocycles. The van der Waals surface area contributed by atoms with E-state index in [-0.39, 0.29) is 0 Å². The Bertz CT molecular complexity index is 151. The molecule has 0 saturated heterocycles. The van der Waals surface area contributed by atoms with Crippen LogP contribution in [0.1, 0.15) is 0 Å². The molecule has 0 aliphatic rings. The third kappa shape index (κ3) is 3.08. The van der Waals surface area contributed by atoms with Crippen LogP contribution < -0.4 is 0 Å². The Hall–Kier alpha value is -0.140. The van der Waals surface area contributed by atoms with E-state index in [0.29, 0.717) is 0 Å². The highest BCUT2D eigenvalue weighted by Gasteiger charge is 2.27. The van der Waals surface area contributed by atoms with Crippen LogP contribution in [0.4, 0.5) is 0 Å². The molecule has 72 valence electrons. The first-order chi connectivity index (χ1) is 5.54. The van der Waals surface area contributed by atoms with Crippen molar-refractivity contribution in [2.24, 2.45) is 0 Å². The van der Waals surface area contributed by atoms with Crippen molar-refractivity contribution in [1.29, 1.82) is 0 Å². The van der Waals surface area contributed by atoms with Crippen LogP contribution in [0, 0.1) is 0 Å². The normalized spacial score (nSPS) is 18.4. The Kier molecular flexibility index (Phi) is 5.43. The fraction of sp³-hybridized carbons (Fsp3) is 0.833. The quantitative estimate of drug-likeness (QED) is 0.315. The number of thiol groups is 1. The highest BCUT2D eigenvalue weighted by atomic mass is 32.1. The Balaban J connectivity index is 4.09. The van der Waals surface area contributed by atoms with E-state index < -0.39 is 36.5 Å². The molecule has 0 heterocycles. The van der Waals surface area contributed by atoms with Crippen molar-refractivity contribution in [1.82, 2.24) is 0 Å². The maximum absolute atomic E-state index is 10.9. The van der Waals surface area contributed by atoms with E-state index in [9.17, 15) is 4.79 Å². The van der Waals surface area contributed by atoms with E-state index in [2.05, 4.69) is 12.6 Å². The highest BCUT2D eigenvalue weighted by molar-refractivity contribution is 7.81. The molecule has 6 heteroatoms. The molecule has 0 aliphatic heterocycles. The molecule has 3 atom stereocenters. The number of rotatable bonds is 5. The summed E-state index contributed by atoms with van der Waals surface area (Å²) >= 11 is 3.65. The van der Waals surface area contributed by atoms with Gasteiger partial charge in [-0.05, 0) is 0 Å². The van der Waals surface area contributed by atoms with E-state index in [1.807, 2.05) is 0 Å². The van der Waals surface area contributed by atoms with Gasteiger partial charge in [0.25, 0.3) is 0 Å². The topological polar surface area (TPSA) is 98.0 Å². The number of Topliss-reactive ketones (excluding diaryl/α,β-unsaturated/α-hetero) is 1. The molecule has 0 radical (unpaired) electrons. The molecule has 4 N–H and O–H groups in total. The average molecular weight is 196 g/mol. The van der Waals surface area contributed by atoms with Crippen molar-refractivity contribution in [2.75, 3.05) is 13.2 Å². The van der Waals surface area contributed by atoms with Gasteiger partial charge in [0.2, 0.25) is 0 Å². The lowest BCUT2D eigenvalue weighted by atomic mass is 10.1. The molecule has 0 bridgehead atoms. The van der Waals surface area contributed by atoms with E-state index >= 15 is 0 Å². The van der Waals surface area contributed by atoms with E-state index in [1.54, 1.807) is 0 Å². The summed E-state index contributed by atoms with van der Waals surface area (Å²) in [4.78, 5) is 10.9. The zero-order valence-electron chi connectivity index (χ0n) is 6.29. The van der Waals surface area contributed by atoms with Crippen LogP contribution in [0.15, 0.2) is 0 Å². The Morgan fingerprint density at radius 3 is 2.08 bits per heavy atom. The molecular formula is C6H12O5S. The maximum Gasteiger partial charge on any atom is 0.178 e. The van der Waals surface area contributed by atoms with Crippen molar-refractivity contribution in [3.63, 3.8) is 0 Å². The zero-order valence-corrected chi connectivity index (χ0v) is 7.19. The van der Waals surface area contributed by atoms with E-state index in [4.69, 9.17) is 20.4 Å². The van der Waals surface area contributed by atoms with Crippen molar-refractivity contribution >= 4 is 18.4 Å². The number of carbonyl (C=O) groups excluding carboxylic acids is 1. The summed E-state index contributed by atoms with van der Waals surface area (Å²) < 4.78 is 0. The van der Waals surface area contributed by atoms with Crippen LogP contribution in [0.2, 0.25) is 0 Å². The van der Waals surface area contributed by atoms with Gasteiger partial charge < -0.3 is 20.4 Å². The number of hydrogen-bond acceptors (Lipinski definition) is 6. The molecule has 0 aromatic rings. The van der Waals surface area contributed by atoms with Gasteiger partial charge in [0.05, 0.1) is 18.5 Å². The van der Waals surface area contributed by atoms with E-state index in [1.165, 1.54) is 0 Å². The number of carbonyl (C=O) groups is 1. The molecule has 0 fully saturated rings. The minimum absolute atomic E-state index is 0.517. The second kappa shape index (κ2) is 5.50. The van der Waals surface area contributed by atoms with Crippen LogP contribution in [-0.2, 0) is 4.79 Å². The first-order valence-corrected chi connectivity index (χ1v) is 3.85. The van der Waals surface area contributed by atoms with Crippen LogP contribution in [-0.4, -0.2) is 56.9 Å². The van der Waals surface area contributed by atoms with Gasteiger partial charge in [-0.2, -0.15) is 12.6 Å². The summed E-state index contributed by atoms with van der Waals surface area (Å²) in [6, 6.07) is 0. The summed E-state index contributed by atoms with van der Waals surface area (Å²) in [5.41, 5.74) is 0. The molecule has 0 unspecified atom stereocenters. The third-order valence-electron chi connectivity index (χ3n) is 1.34. The van der Waals surface area contributed by atoms with Gasteiger partial charge >= 0.3 is 0 Å². The van der Waals surface area contributed by atoms with Gasteiger partial charge in [0.15, 0.2) is 5.78 Å². The van der Waals surface area contributed by atoms with Gasteiger partial charge in [-0.25, -0.2) is 0 Å². The van der Waals surface area contributed by atoms with Crippen LogP contribution in [0.3, 0.4) is 0 Å². The molecule has 5 nitrogen and oxygen atoms in total. The molecule has 0 saturated carbocycles. The SMILES string of the molecule is O=C([C@H](S)CO)[C@@H](O)[C@@H](O)CO. The monoisotopic (exact) mass is 196 g/mol. The van der Waals surface area contributed by atoms with Gasteiger partial charge in [0.1, 0.15) is 12.2 Å². The van der Waals surface area contributed by atoms with Crippen molar-refractivity contribution in [3.05, 3.63) is 0 Å². The lowest BCUT2D eigenvalue weighted by Crippen LogP contribution is -2.41.